The summed E-state index contributed by atoms with van der Waals surface area (Å²) in [4.78, 5) is 13.3. The molecule has 1 unspecified atom stereocenters. The molecule has 0 aliphatic heterocycles. The van der Waals surface area contributed by atoms with E-state index in [2.05, 4.69) is 44.2 Å². The van der Waals surface area contributed by atoms with E-state index >= 15 is 0 Å². The summed E-state index contributed by atoms with van der Waals surface area (Å²) in [5.74, 6) is 0.129. The maximum absolute atomic E-state index is 13.3. The minimum atomic E-state index is 0.00352. The minimum Gasteiger partial charge on any atom is -0.289 e. The standard InChI is InChI=1S/C24H20O/c1-16-13-14-20-17(2)22(24(25)19-11-7-4-8-12-19)23(21(20)15-16)18-9-5-3-6-10-18/h3-15,23H,1-2H3. The lowest BCUT2D eigenvalue weighted by molar-refractivity contribution is 0.103. The van der Waals surface area contributed by atoms with Gasteiger partial charge in [0.1, 0.15) is 0 Å². The van der Waals surface area contributed by atoms with E-state index in [0.717, 1.165) is 16.7 Å². The van der Waals surface area contributed by atoms with Crippen LogP contribution in [0.2, 0.25) is 0 Å². The van der Waals surface area contributed by atoms with Gasteiger partial charge in [0.2, 0.25) is 0 Å². The Balaban J connectivity index is 1.92. The van der Waals surface area contributed by atoms with Gasteiger partial charge in [-0.1, -0.05) is 84.4 Å². The van der Waals surface area contributed by atoms with Gasteiger partial charge in [-0.2, -0.15) is 0 Å². The Bertz CT molecular complexity index is 965. The molecule has 1 aliphatic rings. The summed E-state index contributed by atoms with van der Waals surface area (Å²) >= 11 is 0. The zero-order valence-electron chi connectivity index (χ0n) is 14.5. The monoisotopic (exact) mass is 324 g/mol. The van der Waals surface area contributed by atoms with E-state index in [-0.39, 0.29) is 11.7 Å². The molecule has 0 fully saturated rings. The van der Waals surface area contributed by atoms with Crippen molar-refractivity contribution < 1.29 is 4.79 Å². The highest BCUT2D eigenvalue weighted by atomic mass is 16.1. The van der Waals surface area contributed by atoms with Crippen molar-refractivity contribution in [2.45, 2.75) is 19.8 Å². The van der Waals surface area contributed by atoms with Crippen LogP contribution < -0.4 is 0 Å². The number of benzene rings is 3. The number of Topliss-reactive ketones (excluding diaryl/α,β-unsaturated/α-hetero) is 1. The zero-order chi connectivity index (χ0) is 17.4. The van der Waals surface area contributed by atoms with Crippen LogP contribution in [0, 0.1) is 6.92 Å². The van der Waals surface area contributed by atoms with Crippen molar-refractivity contribution in [2.24, 2.45) is 0 Å². The highest BCUT2D eigenvalue weighted by molar-refractivity contribution is 6.16. The van der Waals surface area contributed by atoms with Crippen molar-refractivity contribution in [1.82, 2.24) is 0 Å². The molecule has 0 saturated heterocycles. The van der Waals surface area contributed by atoms with Crippen LogP contribution in [0.25, 0.3) is 5.57 Å². The van der Waals surface area contributed by atoms with Gasteiger partial charge in [-0.25, -0.2) is 0 Å². The van der Waals surface area contributed by atoms with Crippen molar-refractivity contribution >= 4 is 11.4 Å². The number of carbonyl (C=O) groups is 1. The van der Waals surface area contributed by atoms with Crippen LogP contribution in [0.1, 0.15) is 45.5 Å². The largest absolute Gasteiger partial charge is 0.289 e. The third-order valence-electron chi connectivity index (χ3n) is 5.03. The molecule has 0 radical (unpaired) electrons. The van der Waals surface area contributed by atoms with Gasteiger partial charge in [0.05, 0.1) is 0 Å². The van der Waals surface area contributed by atoms with Crippen LogP contribution in [0.15, 0.2) is 84.4 Å². The topological polar surface area (TPSA) is 17.1 Å². The molecular formula is C24H20O. The van der Waals surface area contributed by atoms with E-state index in [4.69, 9.17) is 0 Å². The van der Waals surface area contributed by atoms with Crippen molar-refractivity contribution in [3.05, 3.63) is 112 Å². The maximum atomic E-state index is 13.3. The van der Waals surface area contributed by atoms with E-state index in [1.54, 1.807) is 0 Å². The number of allylic oxidation sites excluding steroid dienone is 2. The summed E-state index contributed by atoms with van der Waals surface area (Å²) in [5.41, 5.74) is 7.58. The Hall–Kier alpha value is -2.93. The Labute approximate surface area is 148 Å². The first-order chi connectivity index (χ1) is 12.2. The second-order valence-corrected chi connectivity index (χ2v) is 6.67. The van der Waals surface area contributed by atoms with E-state index < -0.39 is 0 Å². The summed E-state index contributed by atoms with van der Waals surface area (Å²) in [7, 11) is 0. The van der Waals surface area contributed by atoms with Gasteiger partial charge in [0, 0.05) is 17.1 Å². The molecule has 0 aromatic heterocycles. The molecule has 0 heterocycles. The van der Waals surface area contributed by atoms with Gasteiger partial charge in [0.15, 0.2) is 5.78 Å². The molecule has 122 valence electrons. The van der Waals surface area contributed by atoms with E-state index in [1.165, 1.54) is 22.3 Å². The third kappa shape index (κ3) is 2.62. The second-order valence-electron chi connectivity index (χ2n) is 6.67. The Morgan fingerprint density at radius 2 is 1.44 bits per heavy atom. The van der Waals surface area contributed by atoms with Crippen LogP contribution in [0.4, 0.5) is 0 Å². The third-order valence-corrected chi connectivity index (χ3v) is 5.03. The number of aryl methyl sites for hydroxylation is 1. The lowest BCUT2D eigenvalue weighted by Crippen LogP contribution is -2.11. The number of rotatable bonds is 3. The quantitative estimate of drug-likeness (QED) is 0.557. The predicted molar refractivity (Wildman–Crippen MR) is 103 cm³/mol. The maximum Gasteiger partial charge on any atom is 0.190 e. The summed E-state index contributed by atoms with van der Waals surface area (Å²) in [6, 6.07) is 26.4. The normalized spacial score (nSPS) is 16.0. The second kappa shape index (κ2) is 6.18. The van der Waals surface area contributed by atoms with Gasteiger partial charge in [-0.3, -0.25) is 4.79 Å². The molecule has 0 spiro atoms. The van der Waals surface area contributed by atoms with Crippen molar-refractivity contribution in [3.8, 4) is 0 Å². The van der Waals surface area contributed by atoms with Crippen molar-refractivity contribution in [3.63, 3.8) is 0 Å². The molecule has 1 aliphatic carbocycles. The minimum absolute atomic E-state index is 0.00352. The van der Waals surface area contributed by atoms with Crippen LogP contribution in [-0.2, 0) is 0 Å². The number of ketones is 1. The van der Waals surface area contributed by atoms with Crippen LogP contribution in [0.5, 0.6) is 0 Å². The van der Waals surface area contributed by atoms with Gasteiger partial charge < -0.3 is 0 Å². The van der Waals surface area contributed by atoms with Gasteiger partial charge >= 0.3 is 0 Å². The summed E-state index contributed by atoms with van der Waals surface area (Å²) in [5, 5.41) is 0. The zero-order valence-corrected chi connectivity index (χ0v) is 14.5. The predicted octanol–water partition coefficient (Wildman–Crippen LogP) is 5.80. The molecule has 3 aromatic rings. The van der Waals surface area contributed by atoms with Crippen LogP contribution in [-0.4, -0.2) is 5.78 Å². The molecule has 25 heavy (non-hydrogen) atoms. The molecule has 1 heteroatoms. The molecule has 0 N–H and O–H groups in total. The van der Waals surface area contributed by atoms with Crippen molar-refractivity contribution in [1.29, 1.82) is 0 Å². The molecule has 0 bridgehead atoms. The first kappa shape index (κ1) is 15.6. The van der Waals surface area contributed by atoms with Gasteiger partial charge in [-0.05, 0) is 36.1 Å². The molecule has 0 saturated carbocycles. The van der Waals surface area contributed by atoms with E-state index in [9.17, 15) is 4.79 Å². The molecule has 0 amide bonds. The first-order valence-corrected chi connectivity index (χ1v) is 8.63. The van der Waals surface area contributed by atoms with Crippen molar-refractivity contribution in [2.75, 3.05) is 0 Å². The SMILES string of the molecule is CC1=C(C(=O)c2ccccc2)C(c2ccccc2)c2cc(C)ccc21. The molecule has 1 nitrogen and oxygen atoms in total. The number of carbonyl (C=O) groups excluding carboxylic acids is 1. The Kier molecular flexibility index (Phi) is 3.85. The fourth-order valence-corrected chi connectivity index (χ4v) is 3.82. The first-order valence-electron chi connectivity index (χ1n) is 8.63. The lowest BCUT2D eigenvalue weighted by Gasteiger charge is -2.17. The fourth-order valence-electron chi connectivity index (χ4n) is 3.82. The number of hydrogen-bond acceptors (Lipinski definition) is 1. The average molecular weight is 324 g/mol. The van der Waals surface area contributed by atoms with E-state index in [0.29, 0.717) is 0 Å². The summed E-state index contributed by atoms with van der Waals surface area (Å²) in [6.07, 6.45) is 0. The number of fused-ring (bicyclic) bond motifs is 1. The average Bonchev–Trinajstić information content (AvgIpc) is 2.94. The Morgan fingerprint density at radius 3 is 2.12 bits per heavy atom. The summed E-state index contributed by atoms with van der Waals surface area (Å²) < 4.78 is 0. The van der Waals surface area contributed by atoms with Crippen LogP contribution in [0.3, 0.4) is 0 Å². The Morgan fingerprint density at radius 1 is 0.800 bits per heavy atom. The highest BCUT2D eigenvalue weighted by Crippen LogP contribution is 2.46. The fraction of sp³-hybridized carbons (Fsp3) is 0.125. The molecule has 4 rings (SSSR count). The van der Waals surface area contributed by atoms with Crippen LogP contribution >= 0.6 is 0 Å². The van der Waals surface area contributed by atoms with Gasteiger partial charge in [0.25, 0.3) is 0 Å². The smallest absolute Gasteiger partial charge is 0.190 e. The molecule has 3 aromatic carbocycles. The van der Waals surface area contributed by atoms with Gasteiger partial charge in [-0.15, -0.1) is 0 Å². The summed E-state index contributed by atoms with van der Waals surface area (Å²) in [6.45, 7) is 4.18. The van der Waals surface area contributed by atoms with E-state index in [1.807, 2.05) is 48.5 Å². The highest BCUT2D eigenvalue weighted by Gasteiger charge is 2.34. The molecular weight excluding hydrogens is 304 g/mol. The number of hydrogen-bond donors (Lipinski definition) is 0. The lowest BCUT2D eigenvalue weighted by atomic mass is 9.84. The molecule has 1 atom stereocenters.